The first-order chi connectivity index (χ1) is 20.6. The van der Waals surface area contributed by atoms with Crippen molar-refractivity contribution in [1.82, 2.24) is 0 Å². The van der Waals surface area contributed by atoms with Gasteiger partial charge in [0.1, 0.15) is 0 Å². The molecule has 1 aliphatic rings. The first-order valence-corrected chi connectivity index (χ1v) is 13.3. The van der Waals surface area contributed by atoms with Crippen LogP contribution in [-0.4, -0.2) is 53.6 Å². The van der Waals surface area contributed by atoms with E-state index in [0.29, 0.717) is 18.4 Å². The highest BCUT2D eigenvalue weighted by atomic mass is 19.4. The Kier molecular flexibility index (Phi) is 11.0. The average Bonchev–Trinajstić information content (AvgIpc) is 2.93. The topological polar surface area (TPSA) is 26.3 Å². The summed E-state index contributed by atoms with van der Waals surface area (Å²) >= 11 is 0. The molecule has 1 aromatic carbocycles. The lowest BCUT2D eigenvalue weighted by Gasteiger charge is -2.44. The van der Waals surface area contributed by atoms with Gasteiger partial charge in [-0.2, -0.15) is 74.6 Å². The molecule has 0 heterocycles. The van der Waals surface area contributed by atoms with E-state index in [1.807, 2.05) is 6.92 Å². The van der Waals surface area contributed by atoms with Crippen molar-refractivity contribution in [2.75, 3.05) is 0 Å². The van der Waals surface area contributed by atoms with Gasteiger partial charge in [0, 0.05) is 5.92 Å². The van der Waals surface area contributed by atoms with Gasteiger partial charge in [-0.1, -0.05) is 25.8 Å². The molecule has 1 aromatic rings. The quantitative estimate of drug-likeness (QED) is 0.0882. The maximum Gasteiger partial charge on any atom is 0.460 e. The fourth-order valence-corrected chi connectivity index (χ4v) is 4.68. The minimum Gasteiger partial charge on any atom is -0.423 e. The van der Waals surface area contributed by atoms with Crippen LogP contribution in [0.2, 0.25) is 0 Å². The second-order valence-electron chi connectivity index (χ2n) is 10.8. The van der Waals surface area contributed by atoms with Crippen molar-refractivity contribution < 1.29 is 88.6 Å². The maximum absolute atomic E-state index is 14.6. The number of carbonyl (C=O) groups is 1. The molecule has 0 aliphatic heterocycles. The lowest BCUT2D eigenvalue weighted by atomic mass is 9.75. The van der Waals surface area contributed by atoms with Crippen LogP contribution in [0.3, 0.4) is 0 Å². The van der Waals surface area contributed by atoms with Gasteiger partial charge in [0.05, 0.1) is 5.92 Å². The van der Waals surface area contributed by atoms with E-state index in [2.05, 4.69) is 0 Å². The predicted molar refractivity (Wildman–Crippen MR) is 121 cm³/mol. The first kappa shape index (κ1) is 39.6. The minimum absolute atomic E-state index is 0.465. The summed E-state index contributed by atoms with van der Waals surface area (Å²) in [5.74, 6) is -64.4. The Hall–Kier alpha value is -2.57. The van der Waals surface area contributed by atoms with Gasteiger partial charge in [0.2, 0.25) is 0 Å². The average molecular weight is 710 g/mol. The van der Waals surface area contributed by atoms with E-state index in [1.54, 1.807) is 0 Å². The number of ether oxygens (including phenoxy) is 1. The fourth-order valence-electron chi connectivity index (χ4n) is 4.68. The summed E-state index contributed by atoms with van der Waals surface area (Å²) in [6.45, 7) is 1.92. The summed E-state index contributed by atoms with van der Waals surface area (Å²) in [5.41, 5.74) is 0.521. The van der Waals surface area contributed by atoms with Crippen molar-refractivity contribution in [3.8, 4) is 5.75 Å². The molecule has 1 saturated carbocycles. The number of carbonyl (C=O) groups excluding carboxylic acids is 1. The standard InChI is InChI=1S/C26H24F18O2/c1-2-3-4-5-13-6-11-17(16(27)12-13)46-18(45)14-7-9-15(10-8-14)19(28,29)20(30,31)21(32,33)22(34,35)23(36,37)24(38,39)25(40,41)26(42,43)44/h6,11-12,14-15H,2-5,7-10H2,1H3. The van der Waals surface area contributed by atoms with Crippen molar-refractivity contribution in [1.29, 1.82) is 0 Å². The van der Waals surface area contributed by atoms with Crippen LogP contribution in [0, 0.1) is 17.7 Å². The SMILES string of the molecule is CCCCCc1ccc(OC(=O)C2CCC(C(F)(F)C(F)(F)C(F)(F)C(F)(F)C(F)(F)C(F)(F)C(F)(F)C(F)(F)F)CC2)c(F)c1. The van der Waals surface area contributed by atoms with Crippen LogP contribution in [0.1, 0.15) is 57.4 Å². The van der Waals surface area contributed by atoms with Gasteiger partial charge in [0.25, 0.3) is 0 Å². The second kappa shape index (κ2) is 12.8. The van der Waals surface area contributed by atoms with Crippen LogP contribution in [0.5, 0.6) is 5.75 Å². The number of benzene rings is 1. The maximum atomic E-state index is 14.6. The van der Waals surface area contributed by atoms with Crippen molar-refractivity contribution in [2.24, 2.45) is 11.8 Å². The molecule has 0 atom stereocenters. The van der Waals surface area contributed by atoms with Gasteiger partial charge in [0.15, 0.2) is 11.6 Å². The molecule has 1 fully saturated rings. The molecule has 266 valence electrons. The normalized spacial score (nSPS) is 19.7. The zero-order valence-corrected chi connectivity index (χ0v) is 23.2. The monoisotopic (exact) mass is 710 g/mol. The molecular formula is C26H24F18O2. The number of unbranched alkanes of at least 4 members (excludes halogenated alkanes) is 2. The van der Waals surface area contributed by atoms with Gasteiger partial charge < -0.3 is 4.74 Å². The Balaban J connectivity index is 2.24. The number of aryl methyl sites for hydroxylation is 1. The van der Waals surface area contributed by atoms with E-state index in [9.17, 15) is 83.8 Å². The van der Waals surface area contributed by atoms with Gasteiger partial charge in [-0.15, -0.1) is 0 Å². The van der Waals surface area contributed by atoms with Crippen LogP contribution in [-0.2, 0) is 11.2 Å². The van der Waals surface area contributed by atoms with Gasteiger partial charge >= 0.3 is 53.6 Å². The number of esters is 1. The Morgan fingerprint density at radius 1 is 0.674 bits per heavy atom. The van der Waals surface area contributed by atoms with E-state index in [1.165, 1.54) is 6.07 Å². The summed E-state index contributed by atoms with van der Waals surface area (Å²) in [4.78, 5) is 12.4. The molecule has 1 aliphatic carbocycles. The van der Waals surface area contributed by atoms with E-state index in [0.717, 1.165) is 25.0 Å². The molecule has 0 N–H and O–H groups in total. The van der Waals surface area contributed by atoms with Crippen LogP contribution in [0.4, 0.5) is 79.0 Å². The molecule has 0 amide bonds. The third-order valence-corrected chi connectivity index (χ3v) is 7.60. The van der Waals surface area contributed by atoms with Crippen LogP contribution >= 0.6 is 0 Å². The lowest BCUT2D eigenvalue weighted by Crippen LogP contribution is -2.75. The largest absolute Gasteiger partial charge is 0.460 e. The fraction of sp³-hybridized carbons (Fsp3) is 0.731. The van der Waals surface area contributed by atoms with E-state index in [4.69, 9.17) is 4.74 Å². The third-order valence-electron chi connectivity index (χ3n) is 7.60. The Labute approximate surface area is 248 Å². The molecule has 0 bridgehead atoms. The second-order valence-corrected chi connectivity index (χ2v) is 10.8. The van der Waals surface area contributed by atoms with Crippen LogP contribution in [0.25, 0.3) is 0 Å². The molecule has 0 radical (unpaired) electrons. The Morgan fingerprint density at radius 2 is 1.13 bits per heavy atom. The zero-order chi connectivity index (χ0) is 35.9. The van der Waals surface area contributed by atoms with Crippen molar-refractivity contribution in [2.45, 2.75) is 106 Å². The highest BCUT2D eigenvalue weighted by Gasteiger charge is 2.95. The summed E-state index contributed by atoms with van der Waals surface area (Å²) in [7, 11) is 0. The third kappa shape index (κ3) is 6.45. The molecule has 0 saturated heterocycles. The van der Waals surface area contributed by atoms with Crippen molar-refractivity contribution >= 4 is 5.97 Å². The van der Waals surface area contributed by atoms with Crippen molar-refractivity contribution in [3.63, 3.8) is 0 Å². The van der Waals surface area contributed by atoms with Crippen molar-refractivity contribution in [3.05, 3.63) is 29.6 Å². The predicted octanol–water partition coefficient (Wildman–Crippen LogP) is 10.3. The summed E-state index contributed by atoms with van der Waals surface area (Å²) in [5, 5.41) is 0. The van der Waals surface area contributed by atoms with Crippen LogP contribution < -0.4 is 4.74 Å². The van der Waals surface area contributed by atoms with E-state index < -0.39 is 103 Å². The Bertz CT molecular complexity index is 1220. The molecule has 0 unspecified atom stereocenters. The smallest absolute Gasteiger partial charge is 0.423 e. The van der Waals surface area contributed by atoms with Gasteiger partial charge in [-0.3, -0.25) is 4.79 Å². The summed E-state index contributed by atoms with van der Waals surface area (Å²) in [6.07, 6.45) is -9.71. The number of alkyl halides is 17. The van der Waals surface area contributed by atoms with E-state index >= 15 is 0 Å². The number of halogens is 18. The molecule has 2 rings (SSSR count). The number of hydrogen-bond acceptors (Lipinski definition) is 2. The highest BCUT2D eigenvalue weighted by Crippen LogP contribution is 2.65. The molecule has 0 aromatic heterocycles. The first-order valence-electron chi connectivity index (χ1n) is 13.3. The van der Waals surface area contributed by atoms with Crippen LogP contribution in [0.15, 0.2) is 18.2 Å². The minimum atomic E-state index is -8.69. The molecule has 46 heavy (non-hydrogen) atoms. The van der Waals surface area contributed by atoms with E-state index in [-0.39, 0.29) is 0 Å². The summed E-state index contributed by atoms with van der Waals surface area (Å²) < 4.78 is 250. The molecule has 2 nitrogen and oxygen atoms in total. The number of rotatable bonds is 13. The number of hydrogen-bond donors (Lipinski definition) is 0. The van der Waals surface area contributed by atoms with Gasteiger partial charge in [-0.05, 0) is 56.2 Å². The molecule has 0 spiro atoms. The molecular weight excluding hydrogens is 686 g/mol. The zero-order valence-electron chi connectivity index (χ0n) is 23.2. The highest BCUT2D eigenvalue weighted by molar-refractivity contribution is 5.75. The Morgan fingerprint density at radius 3 is 1.57 bits per heavy atom. The summed E-state index contributed by atoms with van der Waals surface area (Å²) in [6, 6.07) is 3.46. The van der Waals surface area contributed by atoms with Gasteiger partial charge in [-0.25, -0.2) is 4.39 Å². The lowest BCUT2D eigenvalue weighted by molar-refractivity contribution is -0.463. The molecule has 20 heteroatoms.